The van der Waals surface area contributed by atoms with Crippen LogP contribution in [0.5, 0.6) is 0 Å². The van der Waals surface area contributed by atoms with E-state index in [0.717, 1.165) is 5.56 Å². The van der Waals surface area contributed by atoms with Gasteiger partial charge in [-0.1, -0.05) is 29.8 Å². The maximum Gasteiger partial charge on any atom is 0.125 e. The molecule has 0 atom stereocenters. The summed E-state index contributed by atoms with van der Waals surface area (Å²) in [6.45, 7) is 2.04. The average Bonchev–Trinajstić information content (AvgIpc) is 2.05. The second-order valence-corrected chi connectivity index (χ2v) is 2.47. The average molecular weight is 148 g/mol. The van der Waals surface area contributed by atoms with Crippen molar-refractivity contribution < 1.29 is 0 Å². The molecule has 0 saturated carbocycles. The minimum atomic E-state index is 0.588. The molecule has 0 bridgehead atoms. The number of aryl methyl sites for hydroxylation is 1. The molecule has 0 spiro atoms. The van der Waals surface area contributed by atoms with E-state index in [1.165, 1.54) is 5.56 Å². The lowest BCUT2D eigenvalue weighted by atomic mass is 10.1. The van der Waals surface area contributed by atoms with Gasteiger partial charge in [-0.15, -0.1) is 0 Å². The zero-order valence-electron chi connectivity index (χ0n) is 6.83. The number of amidine groups is 1. The van der Waals surface area contributed by atoms with E-state index in [9.17, 15) is 0 Å². The van der Waals surface area contributed by atoms with Crippen molar-refractivity contribution in [2.75, 3.05) is 7.05 Å². The van der Waals surface area contributed by atoms with Crippen molar-refractivity contribution in [2.45, 2.75) is 6.92 Å². The van der Waals surface area contributed by atoms with Gasteiger partial charge in [0.2, 0.25) is 0 Å². The molecule has 0 aliphatic heterocycles. The van der Waals surface area contributed by atoms with Crippen LogP contribution in [0.2, 0.25) is 0 Å². The Labute approximate surface area is 66.8 Å². The predicted molar refractivity (Wildman–Crippen MR) is 47.8 cm³/mol. The van der Waals surface area contributed by atoms with Gasteiger partial charge in [0.15, 0.2) is 0 Å². The smallest absolute Gasteiger partial charge is 0.125 e. The molecule has 1 aromatic carbocycles. The standard InChI is InChI=1S/C9H12N2/c1-7-3-5-8(6-4-7)9(10)11-2/h3-6H,1-2H3,(H2,10,11). The molecule has 58 valence electrons. The summed E-state index contributed by atoms with van der Waals surface area (Å²) in [5, 5.41) is 0. The molecule has 0 fully saturated rings. The highest BCUT2D eigenvalue weighted by molar-refractivity contribution is 5.97. The molecule has 0 saturated heterocycles. The van der Waals surface area contributed by atoms with Crippen molar-refractivity contribution >= 4 is 5.84 Å². The second-order valence-electron chi connectivity index (χ2n) is 2.47. The fraction of sp³-hybridized carbons (Fsp3) is 0.222. The van der Waals surface area contributed by atoms with E-state index in [1.807, 2.05) is 31.2 Å². The molecular formula is C9H12N2. The van der Waals surface area contributed by atoms with Gasteiger partial charge in [0.05, 0.1) is 0 Å². The van der Waals surface area contributed by atoms with E-state index in [0.29, 0.717) is 5.84 Å². The lowest BCUT2D eigenvalue weighted by Crippen LogP contribution is -2.12. The number of hydrogen-bond acceptors (Lipinski definition) is 1. The van der Waals surface area contributed by atoms with Crippen LogP contribution in [0, 0.1) is 6.92 Å². The maximum atomic E-state index is 5.59. The van der Waals surface area contributed by atoms with Crippen LogP contribution in [0.1, 0.15) is 11.1 Å². The first kappa shape index (κ1) is 7.79. The van der Waals surface area contributed by atoms with Gasteiger partial charge in [-0.25, -0.2) is 0 Å². The molecule has 0 amide bonds. The first-order valence-corrected chi connectivity index (χ1v) is 3.53. The predicted octanol–water partition coefficient (Wildman–Crippen LogP) is 1.33. The van der Waals surface area contributed by atoms with E-state index in [1.54, 1.807) is 7.05 Å². The van der Waals surface area contributed by atoms with Gasteiger partial charge in [-0.05, 0) is 6.92 Å². The van der Waals surface area contributed by atoms with Crippen molar-refractivity contribution in [3.05, 3.63) is 35.4 Å². The Kier molecular flexibility index (Phi) is 2.26. The van der Waals surface area contributed by atoms with Crippen molar-refractivity contribution in [1.29, 1.82) is 0 Å². The van der Waals surface area contributed by atoms with Crippen LogP contribution < -0.4 is 5.73 Å². The molecule has 2 N–H and O–H groups in total. The first-order valence-electron chi connectivity index (χ1n) is 3.53. The Morgan fingerprint density at radius 3 is 2.27 bits per heavy atom. The molecule has 2 heteroatoms. The minimum absolute atomic E-state index is 0.588. The van der Waals surface area contributed by atoms with Crippen LogP contribution in [-0.2, 0) is 0 Å². The van der Waals surface area contributed by atoms with Gasteiger partial charge in [0.25, 0.3) is 0 Å². The van der Waals surface area contributed by atoms with Gasteiger partial charge in [-0.3, -0.25) is 4.99 Å². The second kappa shape index (κ2) is 3.19. The number of hydrogen-bond donors (Lipinski definition) is 1. The van der Waals surface area contributed by atoms with E-state index < -0.39 is 0 Å². The fourth-order valence-electron chi connectivity index (χ4n) is 0.853. The lowest BCUT2D eigenvalue weighted by molar-refractivity contribution is 1.38. The molecule has 2 nitrogen and oxygen atoms in total. The largest absolute Gasteiger partial charge is 0.384 e. The van der Waals surface area contributed by atoms with Gasteiger partial charge in [0.1, 0.15) is 5.84 Å². The zero-order chi connectivity index (χ0) is 8.27. The summed E-state index contributed by atoms with van der Waals surface area (Å²) in [5.41, 5.74) is 7.81. The molecular weight excluding hydrogens is 136 g/mol. The molecule has 1 rings (SSSR count). The minimum Gasteiger partial charge on any atom is -0.384 e. The first-order chi connectivity index (χ1) is 5.24. The molecule has 0 unspecified atom stereocenters. The van der Waals surface area contributed by atoms with Crippen LogP contribution in [-0.4, -0.2) is 12.9 Å². The lowest BCUT2D eigenvalue weighted by Gasteiger charge is -1.98. The Bertz CT molecular complexity index is 259. The third-order valence-electron chi connectivity index (χ3n) is 1.59. The summed E-state index contributed by atoms with van der Waals surface area (Å²) >= 11 is 0. The zero-order valence-corrected chi connectivity index (χ0v) is 6.83. The number of rotatable bonds is 1. The van der Waals surface area contributed by atoms with Crippen molar-refractivity contribution in [2.24, 2.45) is 10.7 Å². The molecule has 11 heavy (non-hydrogen) atoms. The van der Waals surface area contributed by atoms with Crippen molar-refractivity contribution in [3.63, 3.8) is 0 Å². The molecule has 1 aromatic rings. The van der Waals surface area contributed by atoms with E-state index >= 15 is 0 Å². The molecule has 0 heterocycles. The third-order valence-corrected chi connectivity index (χ3v) is 1.59. The van der Waals surface area contributed by atoms with E-state index in [-0.39, 0.29) is 0 Å². The van der Waals surface area contributed by atoms with Crippen LogP contribution in [0.25, 0.3) is 0 Å². The van der Waals surface area contributed by atoms with E-state index in [2.05, 4.69) is 4.99 Å². The topological polar surface area (TPSA) is 38.4 Å². The SMILES string of the molecule is CN=C(N)c1ccc(C)cc1. The molecule has 0 aliphatic carbocycles. The summed E-state index contributed by atoms with van der Waals surface area (Å²) in [7, 11) is 1.69. The summed E-state index contributed by atoms with van der Waals surface area (Å²) in [5.74, 6) is 0.588. The number of nitrogens with zero attached hydrogens (tertiary/aromatic N) is 1. The van der Waals surface area contributed by atoms with Gasteiger partial charge in [-0.2, -0.15) is 0 Å². The monoisotopic (exact) mass is 148 g/mol. The highest BCUT2D eigenvalue weighted by Crippen LogP contribution is 2.01. The van der Waals surface area contributed by atoms with E-state index in [4.69, 9.17) is 5.73 Å². The van der Waals surface area contributed by atoms with Crippen LogP contribution in [0.15, 0.2) is 29.3 Å². The summed E-state index contributed by atoms with van der Waals surface area (Å²) in [6, 6.07) is 7.98. The molecule has 0 aliphatic rings. The van der Waals surface area contributed by atoms with Crippen LogP contribution in [0.3, 0.4) is 0 Å². The fourth-order valence-corrected chi connectivity index (χ4v) is 0.853. The van der Waals surface area contributed by atoms with Gasteiger partial charge >= 0.3 is 0 Å². The van der Waals surface area contributed by atoms with Gasteiger partial charge in [0, 0.05) is 12.6 Å². The number of nitrogens with two attached hydrogens (primary N) is 1. The Balaban J connectivity index is 2.99. The summed E-state index contributed by atoms with van der Waals surface area (Å²) in [6.07, 6.45) is 0. The third kappa shape index (κ3) is 1.80. The maximum absolute atomic E-state index is 5.59. The highest BCUT2D eigenvalue weighted by Gasteiger charge is 1.93. The number of aliphatic imine (C=N–C) groups is 1. The molecule has 0 aromatic heterocycles. The van der Waals surface area contributed by atoms with Crippen LogP contribution in [0.4, 0.5) is 0 Å². The number of benzene rings is 1. The normalized spacial score (nSPS) is 11.6. The van der Waals surface area contributed by atoms with Crippen LogP contribution >= 0.6 is 0 Å². The summed E-state index contributed by atoms with van der Waals surface area (Å²) in [4.78, 5) is 3.88. The quantitative estimate of drug-likeness (QED) is 0.473. The van der Waals surface area contributed by atoms with Crippen molar-refractivity contribution in [3.8, 4) is 0 Å². The Morgan fingerprint density at radius 1 is 1.27 bits per heavy atom. The Morgan fingerprint density at radius 2 is 1.82 bits per heavy atom. The highest BCUT2D eigenvalue weighted by atomic mass is 14.8. The van der Waals surface area contributed by atoms with Gasteiger partial charge < -0.3 is 5.73 Å². The molecule has 0 radical (unpaired) electrons. The summed E-state index contributed by atoms with van der Waals surface area (Å²) < 4.78 is 0. The van der Waals surface area contributed by atoms with Crippen molar-refractivity contribution in [1.82, 2.24) is 0 Å². The Hall–Kier alpha value is -1.31.